The van der Waals surface area contributed by atoms with Crippen LogP contribution in [-0.4, -0.2) is 39.5 Å². The Labute approximate surface area is 108 Å². The zero-order valence-corrected chi connectivity index (χ0v) is 10.4. The summed E-state index contributed by atoms with van der Waals surface area (Å²) in [7, 11) is 0. The molecule has 1 saturated heterocycles. The minimum Gasteiger partial charge on any atom is -0.369 e. The molecule has 94 valence electrons. The average Bonchev–Trinajstić information content (AvgIpc) is 2.98. The molecular formula is C11H12FN5S. The van der Waals surface area contributed by atoms with Crippen LogP contribution in [0.1, 0.15) is 6.42 Å². The van der Waals surface area contributed by atoms with E-state index in [-0.39, 0.29) is 0 Å². The first-order valence-corrected chi connectivity index (χ1v) is 6.14. The van der Waals surface area contributed by atoms with E-state index in [4.69, 9.17) is 12.2 Å². The smallest absolute Gasteiger partial charge is 0.242 e. The summed E-state index contributed by atoms with van der Waals surface area (Å²) in [6, 6.07) is 7.74. The summed E-state index contributed by atoms with van der Waals surface area (Å²) < 4.78 is 15.1. The molecule has 1 aliphatic rings. The molecule has 5 nitrogen and oxygen atoms in total. The van der Waals surface area contributed by atoms with Crippen molar-refractivity contribution in [2.75, 3.05) is 18.0 Å². The number of aromatic nitrogens is 4. The molecule has 0 radical (unpaired) electrons. The van der Waals surface area contributed by atoms with Gasteiger partial charge in [-0.3, -0.25) is 0 Å². The van der Waals surface area contributed by atoms with Gasteiger partial charge in [0, 0.05) is 18.8 Å². The second kappa shape index (κ2) is 4.49. The van der Waals surface area contributed by atoms with Gasteiger partial charge >= 0.3 is 0 Å². The first-order chi connectivity index (χ1) is 8.74. The second-order valence-electron chi connectivity index (χ2n) is 4.27. The lowest BCUT2D eigenvalue weighted by atomic mass is 10.2. The summed E-state index contributed by atoms with van der Waals surface area (Å²) in [6.45, 7) is 1.25. The molecule has 1 aromatic heterocycles. The van der Waals surface area contributed by atoms with Crippen LogP contribution in [0.4, 0.5) is 10.1 Å². The summed E-state index contributed by atoms with van der Waals surface area (Å²) >= 11 is 5.02. The molecule has 0 amide bonds. The molecule has 0 spiro atoms. The predicted molar refractivity (Wildman–Crippen MR) is 68.3 cm³/mol. The largest absolute Gasteiger partial charge is 0.369 e. The van der Waals surface area contributed by atoms with Gasteiger partial charge in [0.2, 0.25) is 4.77 Å². The standard InChI is InChI=1S/C11H12FN5S/c12-8-5-6-16(7-8)9-1-3-10(4-2-9)17-11(18)13-14-15-17/h1-4,8H,5-7H2,(H,13,15,18). The number of tetrazole rings is 1. The van der Waals surface area contributed by atoms with Gasteiger partial charge in [0.1, 0.15) is 6.17 Å². The Hall–Kier alpha value is -1.76. The van der Waals surface area contributed by atoms with Gasteiger partial charge in [0.25, 0.3) is 0 Å². The Morgan fingerprint density at radius 3 is 2.56 bits per heavy atom. The molecule has 7 heteroatoms. The van der Waals surface area contributed by atoms with Crippen LogP contribution in [-0.2, 0) is 0 Å². The molecule has 18 heavy (non-hydrogen) atoms. The van der Waals surface area contributed by atoms with Crippen LogP contribution in [0.2, 0.25) is 0 Å². The molecule has 1 fully saturated rings. The Morgan fingerprint density at radius 1 is 1.28 bits per heavy atom. The number of hydrogen-bond donors (Lipinski definition) is 1. The van der Waals surface area contributed by atoms with Gasteiger partial charge in [-0.05, 0) is 42.9 Å². The number of nitrogens with zero attached hydrogens (tertiary/aromatic N) is 4. The van der Waals surface area contributed by atoms with Gasteiger partial charge in [-0.15, -0.1) is 0 Å². The number of rotatable bonds is 2. The molecule has 0 saturated carbocycles. The third-order valence-electron chi connectivity index (χ3n) is 3.08. The van der Waals surface area contributed by atoms with Crippen molar-refractivity contribution >= 4 is 17.9 Å². The second-order valence-corrected chi connectivity index (χ2v) is 4.63. The number of benzene rings is 1. The summed E-state index contributed by atoms with van der Waals surface area (Å²) in [5, 5.41) is 10.0. The third kappa shape index (κ3) is 2.01. The lowest BCUT2D eigenvalue weighted by Gasteiger charge is -2.17. The first kappa shape index (κ1) is 11.3. The Balaban J connectivity index is 1.85. The van der Waals surface area contributed by atoms with E-state index in [9.17, 15) is 4.39 Å². The predicted octanol–water partition coefficient (Wildman–Crippen LogP) is 1.87. The molecule has 2 aromatic rings. The van der Waals surface area contributed by atoms with Gasteiger partial charge < -0.3 is 4.90 Å². The highest BCUT2D eigenvalue weighted by molar-refractivity contribution is 7.71. The maximum absolute atomic E-state index is 13.1. The molecule has 2 heterocycles. The first-order valence-electron chi connectivity index (χ1n) is 5.73. The fourth-order valence-corrected chi connectivity index (χ4v) is 2.32. The molecule has 0 bridgehead atoms. The van der Waals surface area contributed by atoms with Gasteiger partial charge in [-0.25, -0.2) is 9.07 Å². The fraction of sp³-hybridized carbons (Fsp3) is 0.364. The van der Waals surface area contributed by atoms with Gasteiger partial charge in [0.05, 0.1) is 5.69 Å². The van der Waals surface area contributed by atoms with Gasteiger partial charge in [-0.1, -0.05) is 10.3 Å². The Morgan fingerprint density at radius 2 is 2.00 bits per heavy atom. The highest BCUT2D eigenvalue weighted by Crippen LogP contribution is 2.22. The average molecular weight is 265 g/mol. The van der Waals surface area contributed by atoms with Crippen LogP contribution in [0.15, 0.2) is 24.3 Å². The van der Waals surface area contributed by atoms with Crippen molar-refractivity contribution in [1.29, 1.82) is 0 Å². The number of anilines is 1. The van der Waals surface area contributed by atoms with E-state index in [2.05, 4.69) is 15.5 Å². The number of hydrogen-bond acceptors (Lipinski definition) is 4. The molecule has 1 unspecified atom stereocenters. The van der Waals surface area contributed by atoms with E-state index >= 15 is 0 Å². The fourth-order valence-electron chi connectivity index (χ4n) is 2.13. The number of alkyl halides is 1. The maximum atomic E-state index is 13.1. The van der Waals surface area contributed by atoms with E-state index in [1.165, 1.54) is 0 Å². The topological polar surface area (TPSA) is 49.7 Å². The van der Waals surface area contributed by atoms with Crippen LogP contribution in [0.5, 0.6) is 0 Å². The van der Waals surface area contributed by atoms with Crippen molar-refractivity contribution in [3.05, 3.63) is 29.0 Å². The van der Waals surface area contributed by atoms with E-state index in [1.54, 1.807) is 4.68 Å². The minimum atomic E-state index is -0.713. The molecular weight excluding hydrogens is 253 g/mol. The summed E-state index contributed by atoms with van der Waals surface area (Å²) in [6.07, 6.45) is -0.104. The van der Waals surface area contributed by atoms with E-state index < -0.39 is 6.17 Å². The highest BCUT2D eigenvalue weighted by Gasteiger charge is 2.21. The SMILES string of the molecule is FC1CCN(c2ccc(-n3[nH]nnc3=S)cc2)C1. The van der Waals surface area contributed by atoms with Crippen molar-refractivity contribution in [1.82, 2.24) is 20.2 Å². The quantitative estimate of drug-likeness (QED) is 0.842. The van der Waals surface area contributed by atoms with E-state index in [0.29, 0.717) is 17.7 Å². The number of aromatic amines is 1. The third-order valence-corrected chi connectivity index (χ3v) is 3.34. The number of H-pyrrole nitrogens is 1. The van der Waals surface area contributed by atoms with Crippen molar-refractivity contribution in [3.8, 4) is 5.69 Å². The molecule has 1 atom stereocenters. The van der Waals surface area contributed by atoms with E-state index in [1.807, 2.05) is 29.2 Å². The van der Waals surface area contributed by atoms with Crippen molar-refractivity contribution in [2.24, 2.45) is 0 Å². The van der Waals surface area contributed by atoms with Crippen LogP contribution in [0, 0.1) is 4.77 Å². The minimum absolute atomic E-state index is 0.382. The van der Waals surface area contributed by atoms with Crippen LogP contribution >= 0.6 is 12.2 Å². The maximum Gasteiger partial charge on any atom is 0.242 e. The summed E-state index contributed by atoms with van der Waals surface area (Å²) in [5.74, 6) is 0. The lowest BCUT2D eigenvalue weighted by Crippen LogP contribution is -2.19. The summed E-state index contributed by atoms with van der Waals surface area (Å²) in [4.78, 5) is 2.04. The van der Waals surface area contributed by atoms with Crippen molar-refractivity contribution in [2.45, 2.75) is 12.6 Å². The van der Waals surface area contributed by atoms with Gasteiger partial charge in [-0.2, -0.15) is 5.21 Å². The summed E-state index contributed by atoms with van der Waals surface area (Å²) in [5.41, 5.74) is 1.89. The van der Waals surface area contributed by atoms with Crippen LogP contribution in [0.3, 0.4) is 0 Å². The molecule has 1 N–H and O–H groups in total. The van der Waals surface area contributed by atoms with Crippen molar-refractivity contribution in [3.63, 3.8) is 0 Å². The highest BCUT2D eigenvalue weighted by atomic mass is 32.1. The normalized spacial score (nSPS) is 19.4. The molecule has 1 aromatic carbocycles. The van der Waals surface area contributed by atoms with Crippen LogP contribution < -0.4 is 4.90 Å². The zero-order chi connectivity index (χ0) is 12.5. The van der Waals surface area contributed by atoms with E-state index in [0.717, 1.165) is 17.9 Å². The lowest BCUT2D eigenvalue weighted by molar-refractivity contribution is 0.364. The number of halogens is 1. The molecule has 1 aliphatic heterocycles. The Kier molecular flexibility index (Phi) is 2.83. The molecule has 0 aliphatic carbocycles. The van der Waals surface area contributed by atoms with Crippen LogP contribution in [0.25, 0.3) is 5.69 Å². The van der Waals surface area contributed by atoms with Crippen molar-refractivity contribution < 1.29 is 4.39 Å². The zero-order valence-electron chi connectivity index (χ0n) is 9.58. The molecule has 3 rings (SSSR count). The monoisotopic (exact) mass is 265 g/mol. The Bertz CT molecular complexity index is 590. The number of nitrogens with one attached hydrogen (secondary N) is 1. The van der Waals surface area contributed by atoms with Gasteiger partial charge in [0.15, 0.2) is 0 Å².